The molecule has 2 heterocycles. The van der Waals surface area contributed by atoms with Gasteiger partial charge in [0.05, 0.1) is 18.5 Å². The summed E-state index contributed by atoms with van der Waals surface area (Å²) in [6, 6.07) is 14.4. The summed E-state index contributed by atoms with van der Waals surface area (Å²) < 4.78 is 5.20. The highest BCUT2D eigenvalue weighted by molar-refractivity contribution is 6.26. The van der Waals surface area contributed by atoms with Gasteiger partial charge in [-0.3, -0.25) is 9.59 Å². The van der Waals surface area contributed by atoms with Crippen LogP contribution in [0.4, 0.5) is 11.4 Å². The number of para-hydroxylation sites is 1. The standard InChI is InChI=1S/C17H14N4O3/c1-24-13-9-5-8-12(10-13)21-15-14(18-19-21)16(22)20(17(15)23)11-6-3-2-4-7-11/h2-10,14-15H,1H3/t14-,15-/m0/s1. The van der Waals surface area contributed by atoms with Gasteiger partial charge in [0.1, 0.15) is 5.75 Å². The highest BCUT2D eigenvalue weighted by Gasteiger charge is 2.55. The van der Waals surface area contributed by atoms with Crippen LogP contribution < -0.4 is 14.6 Å². The van der Waals surface area contributed by atoms with Gasteiger partial charge in [0.25, 0.3) is 11.8 Å². The molecule has 0 saturated carbocycles. The molecule has 7 nitrogen and oxygen atoms in total. The molecule has 0 unspecified atom stereocenters. The molecule has 0 spiro atoms. The van der Waals surface area contributed by atoms with Gasteiger partial charge in [0.15, 0.2) is 12.1 Å². The van der Waals surface area contributed by atoms with Crippen LogP contribution in [0.3, 0.4) is 0 Å². The van der Waals surface area contributed by atoms with E-state index >= 15 is 0 Å². The predicted molar refractivity (Wildman–Crippen MR) is 86.8 cm³/mol. The minimum absolute atomic E-state index is 0.330. The Balaban J connectivity index is 1.70. The molecular formula is C17H14N4O3. The second-order valence-corrected chi connectivity index (χ2v) is 5.49. The van der Waals surface area contributed by atoms with Crippen molar-refractivity contribution < 1.29 is 14.3 Å². The number of fused-ring (bicyclic) bond motifs is 1. The van der Waals surface area contributed by atoms with Crippen molar-refractivity contribution in [1.29, 1.82) is 0 Å². The second kappa shape index (κ2) is 5.45. The van der Waals surface area contributed by atoms with Crippen LogP contribution in [0.2, 0.25) is 0 Å². The molecule has 1 fully saturated rings. The summed E-state index contributed by atoms with van der Waals surface area (Å²) in [4.78, 5) is 26.6. The van der Waals surface area contributed by atoms with Crippen molar-refractivity contribution in [2.45, 2.75) is 12.1 Å². The number of methoxy groups -OCH3 is 1. The Hall–Kier alpha value is -3.22. The molecule has 0 radical (unpaired) electrons. The second-order valence-electron chi connectivity index (χ2n) is 5.49. The Labute approximate surface area is 138 Å². The fourth-order valence-corrected chi connectivity index (χ4v) is 2.96. The molecule has 2 aromatic carbocycles. The van der Waals surface area contributed by atoms with Gasteiger partial charge >= 0.3 is 0 Å². The summed E-state index contributed by atoms with van der Waals surface area (Å²) in [5, 5.41) is 9.53. The number of carbonyl (C=O) groups is 2. The first-order chi connectivity index (χ1) is 11.7. The van der Waals surface area contributed by atoms with E-state index in [0.717, 1.165) is 0 Å². The topological polar surface area (TPSA) is 74.6 Å². The van der Waals surface area contributed by atoms with E-state index in [2.05, 4.69) is 10.3 Å². The van der Waals surface area contributed by atoms with Crippen molar-refractivity contribution >= 4 is 23.2 Å². The molecule has 1 saturated heterocycles. The number of amides is 2. The van der Waals surface area contributed by atoms with Crippen LogP contribution in [0.1, 0.15) is 0 Å². The lowest BCUT2D eigenvalue weighted by molar-refractivity contribution is -0.121. The molecule has 0 aromatic heterocycles. The third-order valence-electron chi connectivity index (χ3n) is 4.11. The van der Waals surface area contributed by atoms with Gasteiger partial charge in [-0.1, -0.05) is 29.5 Å². The van der Waals surface area contributed by atoms with Crippen molar-refractivity contribution in [1.82, 2.24) is 0 Å². The van der Waals surface area contributed by atoms with Crippen molar-refractivity contribution in [3.05, 3.63) is 54.6 Å². The van der Waals surface area contributed by atoms with Gasteiger partial charge in [-0.2, -0.15) is 5.11 Å². The molecule has 4 rings (SSSR count). The van der Waals surface area contributed by atoms with Crippen LogP contribution >= 0.6 is 0 Å². The Bertz CT molecular complexity index is 837. The van der Waals surface area contributed by atoms with E-state index in [4.69, 9.17) is 4.74 Å². The highest BCUT2D eigenvalue weighted by Crippen LogP contribution is 2.35. The van der Waals surface area contributed by atoms with E-state index < -0.39 is 12.1 Å². The van der Waals surface area contributed by atoms with Gasteiger partial charge in [-0.05, 0) is 24.3 Å². The lowest BCUT2D eigenvalue weighted by atomic mass is 10.1. The minimum atomic E-state index is -0.816. The first kappa shape index (κ1) is 14.4. The van der Waals surface area contributed by atoms with E-state index in [-0.39, 0.29) is 11.8 Å². The largest absolute Gasteiger partial charge is 0.497 e. The summed E-state index contributed by atoms with van der Waals surface area (Å²) in [5.41, 5.74) is 1.20. The first-order valence-electron chi connectivity index (χ1n) is 7.47. The van der Waals surface area contributed by atoms with Gasteiger partial charge in [-0.15, -0.1) is 0 Å². The zero-order valence-electron chi connectivity index (χ0n) is 12.9. The lowest BCUT2D eigenvalue weighted by Crippen LogP contribution is -2.39. The summed E-state index contributed by atoms with van der Waals surface area (Å²) in [6.07, 6.45) is 0. The van der Waals surface area contributed by atoms with Crippen LogP contribution in [0.25, 0.3) is 0 Å². The predicted octanol–water partition coefficient (Wildman–Crippen LogP) is 2.19. The molecular weight excluding hydrogens is 308 g/mol. The average Bonchev–Trinajstić information content (AvgIpc) is 3.16. The molecule has 0 aliphatic carbocycles. The lowest BCUT2D eigenvalue weighted by Gasteiger charge is -2.20. The van der Waals surface area contributed by atoms with Crippen molar-refractivity contribution in [3.63, 3.8) is 0 Å². The van der Waals surface area contributed by atoms with Crippen LogP contribution in [-0.2, 0) is 9.59 Å². The molecule has 120 valence electrons. The minimum Gasteiger partial charge on any atom is -0.497 e. The Morgan fingerprint density at radius 3 is 2.46 bits per heavy atom. The maximum atomic E-state index is 12.8. The zero-order valence-corrected chi connectivity index (χ0v) is 12.9. The van der Waals surface area contributed by atoms with E-state index in [9.17, 15) is 9.59 Å². The first-order valence-corrected chi connectivity index (χ1v) is 7.47. The Morgan fingerprint density at radius 1 is 0.958 bits per heavy atom. The number of benzene rings is 2. The monoisotopic (exact) mass is 322 g/mol. The SMILES string of the molecule is COc1cccc(N2N=N[C@@H]3C(=O)N(c4ccccc4)C(=O)[C@H]32)c1. The maximum absolute atomic E-state index is 12.8. The number of rotatable bonds is 3. The normalized spacial score (nSPS) is 22.2. The summed E-state index contributed by atoms with van der Waals surface area (Å²) in [7, 11) is 1.56. The van der Waals surface area contributed by atoms with Gasteiger partial charge in [0, 0.05) is 6.07 Å². The van der Waals surface area contributed by atoms with Crippen molar-refractivity contribution in [2.75, 3.05) is 17.0 Å². The Morgan fingerprint density at radius 2 is 1.71 bits per heavy atom. The fraction of sp³-hybridized carbons (Fsp3) is 0.176. The molecule has 2 amide bonds. The van der Waals surface area contributed by atoms with Gasteiger partial charge in [-0.25, -0.2) is 9.91 Å². The van der Waals surface area contributed by atoms with E-state index in [1.807, 2.05) is 6.07 Å². The van der Waals surface area contributed by atoms with Gasteiger partial charge in [0.2, 0.25) is 0 Å². The summed E-state index contributed by atoms with van der Waals surface area (Å²) >= 11 is 0. The average molecular weight is 322 g/mol. The van der Waals surface area contributed by atoms with Gasteiger partial charge < -0.3 is 4.74 Å². The Kier molecular flexibility index (Phi) is 3.26. The molecule has 0 bridgehead atoms. The third-order valence-corrected chi connectivity index (χ3v) is 4.11. The van der Waals surface area contributed by atoms with Crippen LogP contribution in [0.5, 0.6) is 5.75 Å². The number of hydrogen-bond acceptors (Lipinski definition) is 6. The number of imide groups is 1. The molecule has 2 aliphatic heterocycles. The van der Waals surface area contributed by atoms with Crippen LogP contribution in [0.15, 0.2) is 64.9 Å². The number of nitrogens with zero attached hydrogens (tertiary/aromatic N) is 4. The fourth-order valence-electron chi connectivity index (χ4n) is 2.96. The van der Waals surface area contributed by atoms with Crippen molar-refractivity contribution in [3.8, 4) is 5.75 Å². The number of hydrogen-bond donors (Lipinski definition) is 0. The molecule has 24 heavy (non-hydrogen) atoms. The maximum Gasteiger partial charge on any atom is 0.263 e. The molecule has 2 aromatic rings. The quantitative estimate of drug-likeness (QED) is 0.812. The molecule has 2 aliphatic rings. The molecule has 2 atom stereocenters. The number of carbonyl (C=O) groups excluding carboxylic acids is 2. The summed E-state index contributed by atoms with van der Waals surface area (Å²) in [6.45, 7) is 0. The third kappa shape index (κ3) is 2.05. The smallest absolute Gasteiger partial charge is 0.263 e. The highest BCUT2D eigenvalue weighted by atomic mass is 16.5. The number of anilines is 2. The zero-order chi connectivity index (χ0) is 16.7. The van der Waals surface area contributed by atoms with E-state index in [1.165, 1.54) is 9.91 Å². The van der Waals surface area contributed by atoms with Crippen molar-refractivity contribution in [2.24, 2.45) is 10.3 Å². The summed E-state index contributed by atoms with van der Waals surface area (Å²) in [5.74, 6) is -0.0443. The van der Waals surface area contributed by atoms with E-state index in [0.29, 0.717) is 17.1 Å². The van der Waals surface area contributed by atoms with E-state index in [1.54, 1.807) is 55.6 Å². The van der Waals surface area contributed by atoms with Crippen LogP contribution in [-0.4, -0.2) is 31.0 Å². The molecule has 7 heteroatoms. The number of ether oxygens (including phenoxy) is 1. The molecule has 0 N–H and O–H groups in total. The van der Waals surface area contributed by atoms with Crippen LogP contribution in [0, 0.1) is 0 Å².